The molecule has 0 aliphatic carbocycles. The highest BCUT2D eigenvalue weighted by Crippen LogP contribution is 2.20. The van der Waals surface area contributed by atoms with Crippen LogP contribution < -0.4 is 0 Å². The molecule has 2 nitrogen and oxygen atoms in total. The van der Waals surface area contributed by atoms with Gasteiger partial charge in [-0.25, -0.2) is 0 Å². The van der Waals surface area contributed by atoms with Gasteiger partial charge in [0.25, 0.3) is 0 Å². The zero-order chi connectivity index (χ0) is 12.2. The molecule has 0 spiro atoms. The molecule has 2 heteroatoms. The predicted octanol–water partition coefficient (Wildman–Crippen LogP) is 2.76. The standard InChI is InChI=1S/C13H29NO/c1-10(2)8-11(3)14(7)9-12(15)13(4,5)6/h10-12,15H,8-9H2,1-7H3. The van der Waals surface area contributed by atoms with Gasteiger partial charge in [0, 0.05) is 12.6 Å². The van der Waals surface area contributed by atoms with Gasteiger partial charge in [-0.15, -0.1) is 0 Å². The van der Waals surface area contributed by atoms with E-state index >= 15 is 0 Å². The molecule has 0 bridgehead atoms. The fourth-order valence-corrected chi connectivity index (χ4v) is 1.59. The van der Waals surface area contributed by atoms with Crippen molar-refractivity contribution in [1.82, 2.24) is 4.90 Å². The van der Waals surface area contributed by atoms with E-state index in [0.717, 1.165) is 6.54 Å². The summed E-state index contributed by atoms with van der Waals surface area (Å²) in [5.74, 6) is 0.717. The molecule has 2 atom stereocenters. The Morgan fingerprint density at radius 2 is 1.60 bits per heavy atom. The van der Waals surface area contributed by atoms with Crippen LogP contribution in [0.15, 0.2) is 0 Å². The second-order valence-corrected chi connectivity index (χ2v) is 6.30. The molecule has 92 valence electrons. The van der Waals surface area contributed by atoms with Crippen LogP contribution in [0, 0.1) is 11.3 Å². The summed E-state index contributed by atoms with van der Waals surface area (Å²) in [5, 5.41) is 10.00. The highest BCUT2D eigenvalue weighted by Gasteiger charge is 2.24. The summed E-state index contributed by atoms with van der Waals surface area (Å²) in [6.45, 7) is 13.7. The Hall–Kier alpha value is -0.0800. The first-order valence-electron chi connectivity index (χ1n) is 6.03. The largest absolute Gasteiger partial charge is 0.391 e. The number of hydrogen-bond donors (Lipinski definition) is 1. The molecular formula is C13H29NO. The van der Waals surface area contributed by atoms with Gasteiger partial charge in [0.15, 0.2) is 0 Å². The lowest BCUT2D eigenvalue weighted by Crippen LogP contribution is -2.41. The summed E-state index contributed by atoms with van der Waals surface area (Å²) < 4.78 is 0. The second-order valence-electron chi connectivity index (χ2n) is 6.30. The maximum atomic E-state index is 10.00. The molecule has 0 aliphatic heterocycles. The van der Waals surface area contributed by atoms with Gasteiger partial charge < -0.3 is 10.0 Å². The molecule has 2 unspecified atom stereocenters. The van der Waals surface area contributed by atoms with Crippen molar-refractivity contribution >= 4 is 0 Å². The van der Waals surface area contributed by atoms with Gasteiger partial charge in [-0.2, -0.15) is 0 Å². The average molecular weight is 215 g/mol. The van der Waals surface area contributed by atoms with Crippen LogP contribution >= 0.6 is 0 Å². The van der Waals surface area contributed by atoms with E-state index in [1.54, 1.807) is 0 Å². The highest BCUT2D eigenvalue weighted by molar-refractivity contribution is 4.77. The van der Waals surface area contributed by atoms with Crippen molar-refractivity contribution in [3.05, 3.63) is 0 Å². The van der Waals surface area contributed by atoms with Crippen molar-refractivity contribution in [3.63, 3.8) is 0 Å². The molecule has 15 heavy (non-hydrogen) atoms. The minimum Gasteiger partial charge on any atom is -0.391 e. The monoisotopic (exact) mass is 215 g/mol. The molecule has 0 saturated heterocycles. The Morgan fingerprint density at radius 3 is 1.93 bits per heavy atom. The van der Waals surface area contributed by atoms with Crippen LogP contribution in [0.5, 0.6) is 0 Å². The van der Waals surface area contributed by atoms with Crippen molar-refractivity contribution < 1.29 is 5.11 Å². The maximum Gasteiger partial charge on any atom is 0.0715 e. The van der Waals surface area contributed by atoms with Crippen molar-refractivity contribution in [1.29, 1.82) is 0 Å². The van der Waals surface area contributed by atoms with Crippen molar-refractivity contribution in [3.8, 4) is 0 Å². The summed E-state index contributed by atoms with van der Waals surface area (Å²) in [6, 6.07) is 0.544. The topological polar surface area (TPSA) is 23.5 Å². The van der Waals surface area contributed by atoms with Crippen LogP contribution in [-0.2, 0) is 0 Å². The Balaban J connectivity index is 4.07. The zero-order valence-corrected chi connectivity index (χ0v) is 11.5. The lowest BCUT2D eigenvalue weighted by atomic mass is 9.88. The molecule has 0 aromatic heterocycles. The second kappa shape index (κ2) is 5.86. The summed E-state index contributed by atoms with van der Waals surface area (Å²) in [7, 11) is 2.10. The van der Waals surface area contributed by atoms with Crippen molar-refractivity contribution in [2.45, 2.75) is 60.1 Å². The summed E-state index contributed by atoms with van der Waals surface area (Å²) in [5.41, 5.74) is -0.0220. The van der Waals surface area contributed by atoms with E-state index in [4.69, 9.17) is 0 Å². The Labute approximate surface area is 95.7 Å². The average Bonchev–Trinajstić information content (AvgIpc) is 2.00. The molecule has 0 radical (unpaired) electrons. The zero-order valence-electron chi connectivity index (χ0n) is 11.5. The minimum atomic E-state index is -0.253. The molecular weight excluding hydrogens is 186 g/mol. The summed E-state index contributed by atoms with van der Waals surface area (Å²) >= 11 is 0. The van der Waals surface area contributed by atoms with Gasteiger partial charge in [0.05, 0.1) is 6.10 Å². The quantitative estimate of drug-likeness (QED) is 0.762. The number of likely N-dealkylation sites (N-methyl/N-ethyl adjacent to an activating group) is 1. The molecule has 0 saturated carbocycles. The van der Waals surface area contributed by atoms with E-state index in [0.29, 0.717) is 12.0 Å². The number of hydrogen-bond acceptors (Lipinski definition) is 2. The maximum absolute atomic E-state index is 10.00. The number of nitrogens with zero attached hydrogens (tertiary/aromatic N) is 1. The molecule has 0 fully saturated rings. The first-order chi connectivity index (χ1) is 6.64. The molecule has 1 N–H and O–H groups in total. The molecule has 0 amide bonds. The molecule has 0 aliphatic rings. The third-order valence-electron chi connectivity index (χ3n) is 3.03. The summed E-state index contributed by atoms with van der Waals surface area (Å²) in [6.07, 6.45) is 0.935. The van der Waals surface area contributed by atoms with Crippen LogP contribution in [0.3, 0.4) is 0 Å². The highest BCUT2D eigenvalue weighted by atomic mass is 16.3. The van der Waals surface area contributed by atoms with Crippen LogP contribution in [-0.4, -0.2) is 35.7 Å². The fraction of sp³-hybridized carbons (Fsp3) is 1.00. The number of aliphatic hydroxyl groups excluding tert-OH is 1. The lowest BCUT2D eigenvalue weighted by Gasteiger charge is -2.33. The van der Waals surface area contributed by atoms with Gasteiger partial charge in [0.2, 0.25) is 0 Å². The third-order valence-corrected chi connectivity index (χ3v) is 3.03. The van der Waals surface area contributed by atoms with Crippen LogP contribution in [0.25, 0.3) is 0 Å². The number of aliphatic hydroxyl groups is 1. The molecule has 0 aromatic rings. The van der Waals surface area contributed by atoms with Gasteiger partial charge in [-0.3, -0.25) is 0 Å². The van der Waals surface area contributed by atoms with Crippen LogP contribution in [0.1, 0.15) is 48.0 Å². The molecule has 0 rings (SSSR count). The first kappa shape index (κ1) is 14.9. The van der Waals surface area contributed by atoms with Gasteiger partial charge in [-0.1, -0.05) is 34.6 Å². The number of rotatable bonds is 5. The SMILES string of the molecule is CC(C)CC(C)N(C)CC(O)C(C)(C)C. The van der Waals surface area contributed by atoms with Crippen LogP contribution in [0.4, 0.5) is 0 Å². The van der Waals surface area contributed by atoms with E-state index in [1.165, 1.54) is 6.42 Å². The van der Waals surface area contributed by atoms with Crippen molar-refractivity contribution in [2.75, 3.05) is 13.6 Å². The third kappa shape index (κ3) is 6.16. The Kier molecular flexibility index (Phi) is 5.82. The smallest absolute Gasteiger partial charge is 0.0715 e. The van der Waals surface area contributed by atoms with Crippen molar-refractivity contribution in [2.24, 2.45) is 11.3 Å². The Bertz CT molecular complexity index is 172. The van der Waals surface area contributed by atoms with Gasteiger partial charge in [-0.05, 0) is 31.7 Å². The first-order valence-corrected chi connectivity index (χ1v) is 6.03. The fourth-order valence-electron chi connectivity index (χ4n) is 1.59. The van der Waals surface area contributed by atoms with E-state index in [1.807, 2.05) is 0 Å². The van der Waals surface area contributed by atoms with Gasteiger partial charge >= 0.3 is 0 Å². The van der Waals surface area contributed by atoms with Gasteiger partial charge in [0.1, 0.15) is 0 Å². The predicted molar refractivity (Wildman–Crippen MR) is 67.0 cm³/mol. The molecule has 0 aromatic carbocycles. The van der Waals surface area contributed by atoms with E-state index < -0.39 is 0 Å². The lowest BCUT2D eigenvalue weighted by molar-refractivity contribution is 0.0240. The normalized spacial score (nSPS) is 17.2. The summed E-state index contributed by atoms with van der Waals surface area (Å²) in [4.78, 5) is 2.26. The van der Waals surface area contributed by atoms with E-state index in [9.17, 15) is 5.11 Å². The van der Waals surface area contributed by atoms with E-state index in [2.05, 4.69) is 53.5 Å². The van der Waals surface area contributed by atoms with E-state index in [-0.39, 0.29) is 11.5 Å². The van der Waals surface area contributed by atoms with Crippen LogP contribution in [0.2, 0.25) is 0 Å². The Morgan fingerprint density at radius 1 is 1.13 bits per heavy atom. The minimum absolute atomic E-state index is 0.0220. The molecule has 0 heterocycles.